The summed E-state index contributed by atoms with van der Waals surface area (Å²) in [7, 11) is 3.17. The molecule has 0 saturated carbocycles. The first-order chi connectivity index (χ1) is 14.5. The molecular formula is C22H26N4O4. The number of methoxy groups -OCH3 is 2. The highest BCUT2D eigenvalue weighted by Gasteiger charge is 2.27. The molecule has 0 aliphatic carbocycles. The molecule has 1 aromatic heterocycles. The SMILES string of the molecule is COc1ccc(CCNC(=O)C(C(C)C)n2nnc3ccccc3c2=O)cc1OC. The van der Waals surface area contributed by atoms with Gasteiger partial charge in [0.15, 0.2) is 11.5 Å². The number of hydrogen-bond donors (Lipinski definition) is 1. The van der Waals surface area contributed by atoms with Gasteiger partial charge in [0, 0.05) is 6.54 Å². The Bertz CT molecular complexity index is 1090. The summed E-state index contributed by atoms with van der Waals surface area (Å²) in [5, 5.41) is 11.5. The molecule has 158 valence electrons. The van der Waals surface area contributed by atoms with Crippen LogP contribution in [-0.4, -0.2) is 41.7 Å². The Hall–Kier alpha value is -3.42. The zero-order chi connectivity index (χ0) is 21.7. The van der Waals surface area contributed by atoms with Crippen molar-refractivity contribution in [3.05, 3.63) is 58.4 Å². The predicted octanol–water partition coefficient (Wildman–Crippen LogP) is 2.36. The molecule has 1 atom stereocenters. The standard InChI is InChI=1S/C22H26N4O4/c1-14(2)20(26-22(28)16-7-5-6-8-17(16)24-25-26)21(27)23-12-11-15-9-10-18(29-3)19(13-15)30-4/h5-10,13-14,20H,11-12H2,1-4H3,(H,23,27). The summed E-state index contributed by atoms with van der Waals surface area (Å²) in [6.07, 6.45) is 0.606. The van der Waals surface area contributed by atoms with E-state index < -0.39 is 6.04 Å². The number of amides is 1. The van der Waals surface area contributed by atoms with Crippen LogP contribution in [-0.2, 0) is 11.2 Å². The number of ether oxygens (including phenoxy) is 2. The van der Waals surface area contributed by atoms with E-state index >= 15 is 0 Å². The Balaban J connectivity index is 1.74. The molecule has 8 heteroatoms. The van der Waals surface area contributed by atoms with Crippen molar-refractivity contribution >= 4 is 16.8 Å². The minimum Gasteiger partial charge on any atom is -0.493 e. The first-order valence-corrected chi connectivity index (χ1v) is 9.79. The molecule has 1 amide bonds. The van der Waals surface area contributed by atoms with Gasteiger partial charge in [-0.3, -0.25) is 9.59 Å². The molecular weight excluding hydrogens is 384 g/mol. The molecule has 0 aliphatic rings. The minimum atomic E-state index is -0.750. The van der Waals surface area contributed by atoms with Gasteiger partial charge in [0.2, 0.25) is 5.91 Å². The summed E-state index contributed by atoms with van der Waals surface area (Å²) < 4.78 is 11.7. The van der Waals surface area contributed by atoms with E-state index in [4.69, 9.17) is 9.47 Å². The fraction of sp³-hybridized carbons (Fsp3) is 0.364. The van der Waals surface area contributed by atoms with Crippen LogP contribution in [0, 0.1) is 5.92 Å². The van der Waals surface area contributed by atoms with E-state index in [1.807, 2.05) is 32.0 Å². The molecule has 0 spiro atoms. The maximum absolute atomic E-state index is 12.9. The second kappa shape index (κ2) is 9.39. The molecule has 3 aromatic rings. The Kier molecular flexibility index (Phi) is 6.66. The minimum absolute atomic E-state index is 0.140. The third-order valence-electron chi connectivity index (χ3n) is 4.92. The number of fused-ring (bicyclic) bond motifs is 1. The summed E-state index contributed by atoms with van der Waals surface area (Å²) in [6, 6.07) is 11.9. The molecule has 1 unspecified atom stereocenters. The largest absolute Gasteiger partial charge is 0.493 e. The zero-order valence-corrected chi connectivity index (χ0v) is 17.6. The number of nitrogens with one attached hydrogen (secondary N) is 1. The van der Waals surface area contributed by atoms with Gasteiger partial charge in [-0.1, -0.05) is 37.3 Å². The van der Waals surface area contributed by atoms with E-state index in [1.54, 1.807) is 38.5 Å². The van der Waals surface area contributed by atoms with Crippen LogP contribution >= 0.6 is 0 Å². The average Bonchev–Trinajstić information content (AvgIpc) is 2.75. The molecule has 8 nitrogen and oxygen atoms in total. The van der Waals surface area contributed by atoms with Crippen LogP contribution in [0.4, 0.5) is 0 Å². The van der Waals surface area contributed by atoms with Crippen LogP contribution in [0.25, 0.3) is 10.9 Å². The van der Waals surface area contributed by atoms with Crippen LogP contribution in [0.15, 0.2) is 47.3 Å². The van der Waals surface area contributed by atoms with E-state index in [9.17, 15) is 9.59 Å². The summed E-state index contributed by atoms with van der Waals surface area (Å²) >= 11 is 0. The summed E-state index contributed by atoms with van der Waals surface area (Å²) in [5.41, 5.74) is 1.18. The number of hydrogen-bond acceptors (Lipinski definition) is 6. The van der Waals surface area contributed by atoms with Gasteiger partial charge >= 0.3 is 0 Å². The molecule has 0 aliphatic heterocycles. The van der Waals surface area contributed by atoms with Crippen molar-refractivity contribution in [1.82, 2.24) is 20.3 Å². The van der Waals surface area contributed by atoms with Crippen molar-refractivity contribution < 1.29 is 14.3 Å². The first kappa shape index (κ1) is 21.3. The molecule has 0 saturated heterocycles. The smallest absolute Gasteiger partial charge is 0.278 e. The number of carbonyl (C=O) groups excluding carboxylic acids is 1. The van der Waals surface area contributed by atoms with Crippen molar-refractivity contribution in [2.75, 3.05) is 20.8 Å². The topological polar surface area (TPSA) is 95.3 Å². The highest BCUT2D eigenvalue weighted by Crippen LogP contribution is 2.27. The maximum atomic E-state index is 12.9. The first-order valence-electron chi connectivity index (χ1n) is 9.79. The molecule has 30 heavy (non-hydrogen) atoms. The summed E-state index contributed by atoms with van der Waals surface area (Å²) in [6.45, 7) is 4.16. The van der Waals surface area contributed by atoms with Gasteiger partial charge in [0.25, 0.3) is 5.56 Å². The van der Waals surface area contributed by atoms with E-state index in [2.05, 4.69) is 15.6 Å². The predicted molar refractivity (Wildman–Crippen MR) is 114 cm³/mol. The molecule has 2 aromatic carbocycles. The molecule has 0 radical (unpaired) electrons. The second-order valence-electron chi connectivity index (χ2n) is 7.28. The van der Waals surface area contributed by atoms with Crippen LogP contribution in [0.2, 0.25) is 0 Å². The second-order valence-corrected chi connectivity index (χ2v) is 7.28. The van der Waals surface area contributed by atoms with Gasteiger partial charge in [-0.2, -0.15) is 4.68 Å². The number of rotatable bonds is 8. The van der Waals surface area contributed by atoms with Gasteiger partial charge < -0.3 is 14.8 Å². The molecule has 1 N–H and O–H groups in total. The monoisotopic (exact) mass is 410 g/mol. The Morgan fingerprint density at radius 3 is 2.53 bits per heavy atom. The van der Waals surface area contributed by atoms with E-state index in [0.29, 0.717) is 35.4 Å². The average molecular weight is 410 g/mol. The highest BCUT2D eigenvalue weighted by molar-refractivity contribution is 5.81. The molecule has 1 heterocycles. The van der Waals surface area contributed by atoms with Crippen LogP contribution in [0.5, 0.6) is 11.5 Å². The molecule has 3 rings (SSSR count). The number of carbonyl (C=O) groups is 1. The normalized spacial score (nSPS) is 12.0. The Morgan fingerprint density at radius 2 is 1.83 bits per heavy atom. The van der Waals surface area contributed by atoms with Gasteiger partial charge in [-0.05, 0) is 42.2 Å². The van der Waals surface area contributed by atoms with Crippen molar-refractivity contribution in [1.29, 1.82) is 0 Å². The number of aromatic nitrogens is 3. The lowest BCUT2D eigenvalue weighted by Gasteiger charge is -2.21. The number of nitrogens with zero attached hydrogens (tertiary/aromatic N) is 3. The quantitative estimate of drug-likeness (QED) is 0.613. The molecule has 0 bridgehead atoms. The maximum Gasteiger partial charge on any atom is 0.278 e. The van der Waals surface area contributed by atoms with Gasteiger partial charge in [-0.15, -0.1) is 5.10 Å². The Morgan fingerprint density at radius 1 is 1.10 bits per heavy atom. The van der Waals surface area contributed by atoms with Crippen molar-refractivity contribution in [3.8, 4) is 11.5 Å². The fourth-order valence-electron chi connectivity index (χ4n) is 3.35. The molecule has 0 fully saturated rings. The number of benzene rings is 2. The van der Waals surface area contributed by atoms with E-state index in [0.717, 1.165) is 5.56 Å². The van der Waals surface area contributed by atoms with Crippen LogP contribution in [0.1, 0.15) is 25.5 Å². The van der Waals surface area contributed by atoms with Crippen molar-refractivity contribution in [3.63, 3.8) is 0 Å². The highest BCUT2D eigenvalue weighted by atomic mass is 16.5. The third kappa shape index (κ3) is 4.42. The summed E-state index contributed by atoms with van der Waals surface area (Å²) in [5.74, 6) is 0.884. The van der Waals surface area contributed by atoms with E-state index in [1.165, 1.54) is 4.68 Å². The van der Waals surface area contributed by atoms with Crippen molar-refractivity contribution in [2.24, 2.45) is 5.92 Å². The van der Waals surface area contributed by atoms with E-state index in [-0.39, 0.29) is 17.4 Å². The zero-order valence-electron chi connectivity index (χ0n) is 17.6. The lowest BCUT2D eigenvalue weighted by Crippen LogP contribution is -2.42. The lowest BCUT2D eigenvalue weighted by molar-refractivity contribution is -0.126. The Labute approximate surface area is 174 Å². The summed E-state index contributed by atoms with van der Waals surface area (Å²) in [4.78, 5) is 25.8. The van der Waals surface area contributed by atoms with Crippen molar-refractivity contribution in [2.45, 2.75) is 26.3 Å². The third-order valence-corrected chi connectivity index (χ3v) is 4.92. The lowest BCUT2D eigenvalue weighted by atomic mass is 10.0. The van der Waals surface area contributed by atoms with Gasteiger partial charge in [-0.25, -0.2) is 0 Å². The van der Waals surface area contributed by atoms with Gasteiger partial charge in [0.1, 0.15) is 11.6 Å². The van der Waals surface area contributed by atoms with Gasteiger partial charge in [0.05, 0.1) is 19.6 Å². The van der Waals surface area contributed by atoms with Crippen LogP contribution < -0.4 is 20.3 Å². The fourth-order valence-corrected chi connectivity index (χ4v) is 3.35. The van der Waals surface area contributed by atoms with Crippen LogP contribution in [0.3, 0.4) is 0 Å².